The van der Waals surface area contributed by atoms with Crippen LogP contribution in [0.3, 0.4) is 0 Å². The largest absolute Gasteiger partial charge is 0.465 e. The van der Waals surface area contributed by atoms with E-state index < -0.39 is 40.8 Å². The third kappa shape index (κ3) is 2.91. The molecule has 10 nitrogen and oxygen atoms in total. The van der Waals surface area contributed by atoms with Gasteiger partial charge >= 0.3 is 5.97 Å². The van der Waals surface area contributed by atoms with Crippen molar-refractivity contribution in [3.05, 3.63) is 45.2 Å². The van der Waals surface area contributed by atoms with Crippen LogP contribution in [0.5, 0.6) is 0 Å². The summed E-state index contributed by atoms with van der Waals surface area (Å²) in [4.78, 5) is 38.7. The summed E-state index contributed by atoms with van der Waals surface area (Å²) in [5.74, 6) is -2.65. The molecule has 1 fully saturated rings. The summed E-state index contributed by atoms with van der Waals surface area (Å²) in [5, 5.41) is 31.4. The molecule has 1 spiro atoms. The fraction of sp³-hybridized carbons (Fsp3) is 0.455. The molecule has 0 aromatic heterocycles. The van der Waals surface area contributed by atoms with Gasteiger partial charge in [-0.2, -0.15) is 10.5 Å². The van der Waals surface area contributed by atoms with Crippen molar-refractivity contribution in [3.63, 3.8) is 0 Å². The van der Waals surface area contributed by atoms with E-state index in [1.807, 2.05) is 12.1 Å². The van der Waals surface area contributed by atoms with Crippen LogP contribution in [0.15, 0.2) is 29.5 Å². The Morgan fingerprint density at radius 2 is 2.09 bits per heavy atom. The van der Waals surface area contributed by atoms with Crippen molar-refractivity contribution in [2.45, 2.75) is 38.2 Å². The third-order valence-corrected chi connectivity index (χ3v) is 6.42. The number of fused-ring (bicyclic) bond motifs is 4. The number of nitro groups is 1. The number of carbonyl (C=O) groups is 2. The first-order valence-corrected chi connectivity index (χ1v) is 10.4. The lowest BCUT2D eigenvalue weighted by Crippen LogP contribution is -2.54. The molecule has 32 heavy (non-hydrogen) atoms. The second-order valence-corrected chi connectivity index (χ2v) is 7.93. The van der Waals surface area contributed by atoms with Crippen LogP contribution in [0.4, 0.5) is 11.4 Å². The van der Waals surface area contributed by atoms with Crippen LogP contribution in [0.2, 0.25) is 0 Å². The van der Waals surface area contributed by atoms with Crippen LogP contribution >= 0.6 is 0 Å². The molecule has 1 aromatic carbocycles. The highest BCUT2D eigenvalue weighted by atomic mass is 16.6. The van der Waals surface area contributed by atoms with Gasteiger partial charge in [0.2, 0.25) is 11.4 Å². The Labute approximate surface area is 183 Å². The topological polar surface area (TPSA) is 147 Å². The molecule has 3 aliphatic rings. The highest BCUT2D eigenvalue weighted by Crippen LogP contribution is 2.59. The van der Waals surface area contributed by atoms with Crippen LogP contribution in [0.25, 0.3) is 0 Å². The van der Waals surface area contributed by atoms with E-state index in [9.17, 15) is 30.2 Å². The number of esters is 1. The van der Waals surface area contributed by atoms with Gasteiger partial charge in [0.1, 0.15) is 18.2 Å². The van der Waals surface area contributed by atoms with Crippen molar-refractivity contribution in [1.82, 2.24) is 0 Å². The fourth-order valence-electron chi connectivity index (χ4n) is 5.27. The van der Waals surface area contributed by atoms with Gasteiger partial charge in [0.15, 0.2) is 0 Å². The summed E-state index contributed by atoms with van der Waals surface area (Å²) >= 11 is 0. The molecule has 4 rings (SSSR count). The number of ether oxygens (including phenoxy) is 2. The zero-order valence-electron chi connectivity index (χ0n) is 17.4. The number of rotatable bonds is 4. The van der Waals surface area contributed by atoms with E-state index in [1.54, 1.807) is 6.92 Å². The number of nitrogens with zero attached hydrogens (tertiary/aromatic N) is 4. The molecular weight excluding hydrogens is 416 g/mol. The smallest absolute Gasteiger partial charge is 0.326 e. The van der Waals surface area contributed by atoms with Gasteiger partial charge in [0, 0.05) is 17.9 Å². The van der Waals surface area contributed by atoms with E-state index in [0.717, 1.165) is 17.7 Å². The number of allylic oxidation sites excluding steroid dienone is 2. The molecule has 1 aliphatic carbocycles. The first-order chi connectivity index (χ1) is 15.4. The molecule has 3 atom stereocenters. The summed E-state index contributed by atoms with van der Waals surface area (Å²) in [6, 6.07) is 8.14. The average molecular weight is 436 g/mol. The summed E-state index contributed by atoms with van der Waals surface area (Å²) < 4.78 is 11.0. The molecule has 1 amide bonds. The Morgan fingerprint density at radius 1 is 1.34 bits per heavy atom. The van der Waals surface area contributed by atoms with Gasteiger partial charge in [0.25, 0.3) is 11.6 Å². The van der Waals surface area contributed by atoms with Crippen LogP contribution in [-0.2, 0) is 24.7 Å². The molecule has 3 unspecified atom stereocenters. The number of nitriles is 2. The van der Waals surface area contributed by atoms with Crippen molar-refractivity contribution in [2.24, 2.45) is 11.8 Å². The number of benzene rings is 1. The van der Waals surface area contributed by atoms with E-state index >= 15 is 0 Å². The number of carbonyl (C=O) groups excluding carboxylic acids is 2. The number of hydrogen-bond acceptors (Lipinski definition) is 8. The molecular formula is C22H20N4O6. The van der Waals surface area contributed by atoms with Gasteiger partial charge in [-0.3, -0.25) is 24.6 Å². The van der Waals surface area contributed by atoms with Gasteiger partial charge in [-0.15, -0.1) is 0 Å². The Balaban J connectivity index is 1.98. The summed E-state index contributed by atoms with van der Waals surface area (Å²) in [5.41, 5.74) is -1.81. The molecule has 0 N–H and O–H groups in total. The normalized spacial score (nSPS) is 26.0. The Kier molecular flexibility index (Phi) is 5.31. The molecule has 10 heteroatoms. The lowest BCUT2D eigenvalue weighted by molar-refractivity contribution is -0.386. The SMILES string of the molecule is CCOC(=O)CN1C(=O)C2(OC(C#N)=C(C#N)C3CCCCC32)c2c1cccc2[N+](=O)[O-]. The highest BCUT2D eigenvalue weighted by Gasteiger charge is 2.65. The molecule has 0 bridgehead atoms. The third-order valence-electron chi connectivity index (χ3n) is 6.42. The first kappa shape index (κ1) is 21.3. The standard InChI is InChI=1S/C22H20N4O6/c1-2-31-19(27)12-25-16-8-5-9-17(26(29)30)20(16)22(21(25)28)15-7-4-3-6-13(15)14(10-23)18(11-24)32-22/h5,8-9,13,15H,2-4,6-7,12H2,1H3. The zero-order valence-corrected chi connectivity index (χ0v) is 17.4. The first-order valence-electron chi connectivity index (χ1n) is 10.4. The van der Waals surface area contributed by atoms with Crippen molar-refractivity contribution < 1.29 is 24.0 Å². The lowest BCUT2D eigenvalue weighted by Gasteiger charge is -2.46. The molecule has 2 heterocycles. The lowest BCUT2D eigenvalue weighted by atomic mass is 9.63. The minimum Gasteiger partial charge on any atom is -0.465 e. The Bertz CT molecular complexity index is 1130. The van der Waals surface area contributed by atoms with Crippen LogP contribution < -0.4 is 4.90 Å². The van der Waals surface area contributed by atoms with E-state index in [1.165, 1.54) is 18.2 Å². The molecule has 0 radical (unpaired) electrons. The van der Waals surface area contributed by atoms with Crippen LogP contribution in [0.1, 0.15) is 38.2 Å². The number of amides is 1. The summed E-state index contributed by atoms with van der Waals surface area (Å²) in [6.45, 7) is 1.30. The van der Waals surface area contributed by atoms with Crippen molar-refractivity contribution in [1.29, 1.82) is 10.5 Å². The maximum Gasteiger partial charge on any atom is 0.326 e. The number of hydrogen-bond donors (Lipinski definition) is 0. The predicted molar refractivity (Wildman–Crippen MR) is 109 cm³/mol. The monoisotopic (exact) mass is 436 g/mol. The van der Waals surface area contributed by atoms with Gasteiger partial charge in [-0.05, 0) is 25.8 Å². The molecule has 1 saturated carbocycles. The number of anilines is 1. The maximum atomic E-state index is 13.9. The second kappa shape index (κ2) is 7.97. The molecule has 1 aromatic rings. The van der Waals surface area contributed by atoms with E-state index in [4.69, 9.17) is 9.47 Å². The van der Waals surface area contributed by atoms with Crippen molar-refractivity contribution in [3.8, 4) is 12.1 Å². The molecule has 164 valence electrons. The minimum absolute atomic E-state index is 0.0286. The van der Waals surface area contributed by atoms with Gasteiger partial charge in [-0.1, -0.05) is 18.9 Å². The summed E-state index contributed by atoms with van der Waals surface area (Å²) in [7, 11) is 0. The van der Waals surface area contributed by atoms with Crippen molar-refractivity contribution >= 4 is 23.3 Å². The predicted octanol–water partition coefficient (Wildman–Crippen LogP) is 2.84. The van der Waals surface area contributed by atoms with E-state index in [0.29, 0.717) is 12.8 Å². The Morgan fingerprint density at radius 3 is 2.75 bits per heavy atom. The zero-order chi connectivity index (χ0) is 23.0. The minimum atomic E-state index is -1.86. The summed E-state index contributed by atoms with van der Waals surface area (Å²) in [6.07, 6.45) is 2.59. The number of nitro benzene ring substituents is 1. The van der Waals surface area contributed by atoms with Crippen molar-refractivity contribution in [2.75, 3.05) is 18.1 Å². The average Bonchev–Trinajstić information content (AvgIpc) is 3.02. The second-order valence-electron chi connectivity index (χ2n) is 7.93. The van der Waals surface area contributed by atoms with Gasteiger partial charge in [-0.25, -0.2) is 0 Å². The quantitative estimate of drug-likeness (QED) is 0.398. The van der Waals surface area contributed by atoms with E-state index in [2.05, 4.69) is 0 Å². The molecule has 0 saturated heterocycles. The van der Waals surface area contributed by atoms with E-state index in [-0.39, 0.29) is 34.9 Å². The maximum absolute atomic E-state index is 13.9. The Hall–Kier alpha value is -3.92. The fourth-order valence-corrected chi connectivity index (χ4v) is 5.27. The van der Waals surface area contributed by atoms with Gasteiger partial charge in [0.05, 0.1) is 28.9 Å². The van der Waals surface area contributed by atoms with Gasteiger partial charge < -0.3 is 9.47 Å². The highest BCUT2D eigenvalue weighted by molar-refractivity contribution is 6.11. The van der Waals surface area contributed by atoms with Crippen LogP contribution in [-0.4, -0.2) is 30.0 Å². The van der Waals surface area contributed by atoms with Crippen LogP contribution in [0, 0.1) is 44.6 Å². The molecule has 2 aliphatic heterocycles.